The first kappa shape index (κ1) is 9.98. The van der Waals surface area contributed by atoms with Crippen LogP contribution in [0.15, 0.2) is 12.1 Å². The summed E-state index contributed by atoms with van der Waals surface area (Å²) in [5.74, 6) is 0. The number of nitrogens with zero attached hydrogens (tertiary/aromatic N) is 1. The summed E-state index contributed by atoms with van der Waals surface area (Å²) in [6, 6.07) is 2.66. The fourth-order valence-electron chi connectivity index (χ4n) is 0.959. The molecule has 0 amide bonds. The molecule has 1 heterocycles. The summed E-state index contributed by atoms with van der Waals surface area (Å²) in [4.78, 5) is 3.33. The van der Waals surface area contributed by atoms with E-state index in [0.717, 1.165) is 0 Å². The van der Waals surface area contributed by atoms with Crippen LogP contribution in [0.2, 0.25) is 0 Å². The molecule has 0 spiro atoms. The van der Waals surface area contributed by atoms with Gasteiger partial charge < -0.3 is 5.11 Å². The molecule has 72 valence electrons. The number of rotatable bonds is 1. The number of aromatic nitrogens is 1. The summed E-state index contributed by atoms with van der Waals surface area (Å²) in [6.45, 7) is 0.818. The predicted octanol–water partition coefficient (Wildman–Crippen LogP) is 1.90. The van der Waals surface area contributed by atoms with Gasteiger partial charge in [-0.15, -0.1) is 0 Å². The highest BCUT2D eigenvalue weighted by molar-refractivity contribution is 5.24. The van der Waals surface area contributed by atoms with Crippen LogP contribution in [0.3, 0.4) is 0 Å². The van der Waals surface area contributed by atoms with Crippen LogP contribution in [-0.4, -0.2) is 10.1 Å². The van der Waals surface area contributed by atoms with Gasteiger partial charge in [0.1, 0.15) is 5.69 Å². The molecule has 0 atom stereocenters. The molecule has 0 aliphatic heterocycles. The first-order valence-corrected chi connectivity index (χ1v) is 3.59. The fourth-order valence-corrected chi connectivity index (χ4v) is 0.959. The second kappa shape index (κ2) is 3.33. The van der Waals surface area contributed by atoms with Crippen molar-refractivity contribution in [3.05, 3.63) is 29.1 Å². The van der Waals surface area contributed by atoms with Crippen molar-refractivity contribution in [2.24, 2.45) is 0 Å². The monoisotopic (exact) mass is 191 g/mol. The van der Waals surface area contributed by atoms with Crippen LogP contribution >= 0.6 is 0 Å². The topological polar surface area (TPSA) is 33.1 Å². The average molecular weight is 191 g/mol. The molecule has 5 heteroatoms. The van der Waals surface area contributed by atoms with Crippen molar-refractivity contribution in [3.8, 4) is 0 Å². The van der Waals surface area contributed by atoms with Crippen LogP contribution in [0.5, 0.6) is 0 Å². The van der Waals surface area contributed by atoms with Gasteiger partial charge in [0.25, 0.3) is 0 Å². The molecule has 0 saturated carbocycles. The highest BCUT2D eigenvalue weighted by Crippen LogP contribution is 2.30. The van der Waals surface area contributed by atoms with E-state index >= 15 is 0 Å². The molecule has 0 aliphatic carbocycles. The maximum absolute atomic E-state index is 12.2. The van der Waals surface area contributed by atoms with Crippen molar-refractivity contribution in [3.63, 3.8) is 0 Å². The van der Waals surface area contributed by atoms with Gasteiger partial charge in [0, 0.05) is 11.3 Å². The van der Waals surface area contributed by atoms with Crippen molar-refractivity contribution >= 4 is 0 Å². The van der Waals surface area contributed by atoms with E-state index in [1.54, 1.807) is 0 Å². The number of aliphatic hydroxyl groups excluding tert-OH is 1. The van der Waals surface area contributed by atoms with Gasteiger partial charge in [-0.3, -0.25) is 0 Å². The quantitative estimate of drug-likeness (QED) is 0.735. The number of hydrogen-bond donors (Lipinski definition) is 1. The summed E-state index contributed by atoms with van der Waals surface area (Å²) in [5, 5.41) is 8.63. The van der Waals surface area contributed by atoms with Gasteiger partial charge in [-0.1, -0.05) is 6.07 Å². The van der Waals surface area contributed by atoms with Crippen LogP contribution in [0.4, 0.5) is 13.2 Å². The van der Waals surface area contributed by atoms with Crippen molar-refractivity contribution in [2.75, 3.05) is 0 Å². The summed E-state index contributed by atoms with van der Waals surface area (Å²) < 4.78 is 36.7. The smallest absolute Gasteiger partial charge is 0.392 e. The van der Waals surface area contributed by atoms with Gasteiger partial charge >= 0.3 is 6.18 Å². The summed E-state index contributed by atoms with van der Waals surface area (Å²) in [5.41, 5.74) is -0.919. The van der Waals surface area contributed by atoms with Gasteiger partial charge in [-0.2, -0.15) is 13.2 Å². The average Bonchev–Trinajstić information content (AvgIpc) is 2.03. The number of aliphatic hydroxyl groups is 1. The van der Waals surface area contributed by atoms with Gasteiger partial charge in [0.2, 0.25) is 0 Å². The molecule has 0 aromatic carbocycles. The SMILES string of the molecule is Cc1ccc(CO)c(C(F)(F)F)n1. The van der Waals surface area contributed by atoms with E-state index in [-0.39, 0.29) is 11.3 Å². The largest absolute Gasteiger partial charge is 0.433 e. The van der Waals surface area contributed by atoms with Crippen molar-refractivity contribution in [1.29, 1.82) is 0 Å². The first-order valence-electron chi connectivity index (χ1n) is 3.59. The lowest BCUT2D eigenvalue weighted by molar-refractivity contribution is -0.142. The van der Waals surface area contributed by atoms with Crippen LogP contribution in [0, 0.1) is 6.92 Å². The van der Waals surface area contributed by atoms with E-state index in [1.165, 1.54) is 19.1 Å². The van der Waals surface area contributed by atoms with Crippen LogP contribution in [-0.2, 0) is 12.8 Å². The Morgan fingerprint density at radius 3 is 2.46 bits per heavy atom. The lowest BCUT2D eigenvalue weighted by Crippen LogP contribution is -2.12. The van der Waals surface area contributed by atoms with Crippen molar-refractivity contribution in [1.82, 2.24) is 4.98 Å². The Labute approximate surface area is 73.0 Å². The Bertz CT molecular complexity index is 309. The highest BCUT2D eigenvalue weighted by Gasteiger charge is 2.35. The zero-order valence-electron chi connectivity index (χ0n) is 6.89. The minimum Gasteiger partial charge on any atom is -0.392 e. The minimum absolute atomic E-state index is 0.196. The molecule has 0 saturated heterocycles. The molecule has 0 unspecified atom stereocenters. The molecule has 1 aromatic heterocycles. The van der Waals surface area contributed by atoms with Crippen molar-refractivity contribution < 1.29 is 18.3 Å². The molecular weight excluding hydrogens is 183 g/mol. The molecular formula is C8H8F3NO. The van der Waals surface area contributed by atoms with Gasteiger partial charge in [-0.25, -0.2) is 4.98 Å². The van der Waals surface area contributed by atoms with Gasteiger partial charge in [0.05, 0.1) is 6.61 Å². The number of hydrogen-bond acceptors (Lipinski definition) is 2. The zero-order chi connectivity index (χ0) is 10.1. The number of alkyl halides is 3. The van der Waals surface area contributed by atoms with E-state index in [4.69, 9.17) is 5.11 Å². The second-order valence-electron chi connectivity index (χ2n) is 2.62. The number of pyridine rings is 1. The van der Waals surface area contributed by atoms with E-state index in [0.29, 0.717) is 0 Å². The Morgan fingerprint density at radius 2 is 2.00 bits per heavy atom. The Kier molecular flexibility index (Phi) is 2.56. The molecule has 2 nitrogen and oxygen atoms in total. The molecule has 1 aromatic rings. The third-order valence-corrected chi connectivity index (χ3v) is 1.56. The molecule has 0 radical (unpaired) electrons. The van der Waals surface area contributed by atoms with E-state index in [2.05, 4.69) is 4.98 Å². The molecule has 0 fully saturated rings. The Balaban J connectivity index is 3.24. The maximum Gasteiger partial charge on any atom is 0.433 e. The summed E-state index contributed by atoms with van der Waals surface area (Å²) in [7, 11) is 0. The van der Waals surface area contributed by atoms with E-state index in [1.807, 2.05) is 0 Å². The lowest BCUT2D eigenvalue weighted by atomic mass is 10.2. The summed E-state index contributed by atoms with van der Waals surface area (Å²) >= 11 is 0. The molecule has 0 bridgehead atoms. The number of aryl methyl sites for hydroxylation is 1. The fraction of sp³-hybridized carbons (Fsp3) is 0.375. The van der Waals surface area contributed by atoms with E-state index < -0.39 is 18.5 Å². The van der Waals surface area contributed by atoms with Crippen LogP contribution < -0.4 is 0 Å². The Morgan fingerprint density at radius 1 is 1.38 bits per heavy atom. The molecule has 1 rings (SSSR count). The zero-order valence-corrected chi connectivity index (χ0v) is 6.89. The summed E-state index contributed by atoms with van der Waals surface area (Å²) in [6.07, 6.45) is -4.50. The molecule has 13 heavy (non-hydrogen) atoms. The normalized spacial score (nSPS) is 11.8. The van der Waals surface area contributed by atoms with Crippen molar-refractivity contribution in [2.45, 2.75) is 19.7 Å². The van der Waals surface area contributed by atoms with Gasteiger partial charge in [0.15, 0.2) is 0 Å². The minimum atomic E-state index is -4.50. The standard InChI is InChI=1S/C8H8F3NO/c1-5-2-3-6(4-13)7(12-5)8(9,10)11/h2-3,13H,4H2,1H3. The third kappa shape index (κ3) is 2.18. The predicted molar refractivity (Wildman–Crippen MR) is 39.9 cm³/mol. The molecule has 0 aliphatic rings. The van der Waals surface area contributed by atoms with Crippen LogP contribution in [0.25, 0.3) is 0 Å². The maximum atomic E-state index is 12.2. The Hall–Kier alpha value is -1.10. The lowest BCUT2D eigenvalue weighted by Gasteiger charge is -2.10. The molecule has 1 N–H and O–H groups in total. The first-order chi connectivity index (χ1) is 5.95. The second-order valence-corrected chi connectivity index (χ2v) is 2.62. The van der Waals surface area contributed by atoms with Crippen LogP contribution in [0.1, 0.15) is 17.0 Å². The highest BCUT2D eigenvalue weighted by atomic mass is 19.4. The third-order valence-electron chi connectivity index (χ3n) is 1.56. The number of halogens is 3. The van der Waals surface area contributed by atoms with E-state index in [9.17, 15) is 13.2 Å². The van der Waals surface area contributed by atoms with Gasteiger partial charge in [-0.05, 0) is 13.0 Å².